The lowest BCUT2D eigenvalue weighted by Gasteiger charge is -2.27. The predicted molar refractivity (Wildman–Crippen MR) is 68.9 cm³/mol. The third kappa shape index (κ3) is 5.50. The lowest BCUT2D eigenvalue weighted by atomic mass is 9.89. The van der Waals surface area contributed by atoms with Crippen LogP contribution in [0.5, 0.6) is 0 Å². The number of hydrogen-bond acceptors (Lipinski definition) is 3. The molecule has 100 valence electrons. The summed E-state index contributed by atoms with van der Waals surface area (Å²) in [5.74, 6) is 0.423. The Balaban J connectivity index is 2.26. The first-order chi connectivity index (χ1) is 8.05. The van der Waals surface area contributed by atoms with E-state index >= 15 is 0 Å². The minimum Gasteiger partial charge on any atom is -0.385 e. The second kappa shape index (κ2) is 6.97. The number of carbonyl (C=O) groups excluding carboxylic acids is 1. The fraction of sp³-hybridized carbons (Fsp3) is 0.923. The molecule has 0 saturated carbocycles. The van der Waals surface area contributed by atoms with Gasteiger partial charge in [0.25, 0.3) is 0 Å². The van der Waals surface area contributed by atoms with Crippen LogP contribution in [0, 0.1) is 11.3 Å². The standard InChI is InChI=1S/C13H26N2O2/c1-13(2,6-9-17-3)10-15-12(16)11-4-7-14-8-5-11/h11,14H,4-10H2,1-3H3,(H,15,16). The first kappa shape index (κ1) is 14.5. The molecule has 2 N–H and O–H groups in total. The van der Waals surface area contributed by atoms with Gasteiger partial charge in [-0.05, 0) is 37.8 Å². The van der Waals surface area contributed by atoms with E-state index in [-0.39, 0.29) is 17.2 Å². The second-order valence-corrected chi connectivity index (χ2v) is 5.65. The highest BCUT2D eigenvalue weighted by molar-refractivity contribution is 5.78. The molecule has 1 aliphatic rings. The molecule has 1 saturated heterocycles. The van der Waals surface area contributed by atoms with Crippen molar-refractivity contribution in [3.63, 3.8) is 0 Å². The van der Waals surface area contributed by atoms with Crippen molar-refractivity contribution in [1.29, 1.82) is 0 Å². The van der Waals surface area contributed by atoms with Gasteiger partial charge >= 0.3 is 0 Å². The third-order valence-electron chi connectivity index (χ3n) is 3.43. The van der Waals surface area contributed by atoms with Gasteiger partial charge in [-0.15, -0.1) is 0 Å². The van der Waals surface area contributed by atoms with E-state index in [0.717, 1.165) is 45.5 Å². The van der Waals surface area contributed by atoms with Crippen molar-refractivity contribution < 1.29 is 9.53 Å². The molecule has 0 unspecified atom stereocenters. The highest BCUT2D eigenvalue weighted by Crippen LogP contribution is 2.19. The largest absolute Gasteiger partial charge is 0.385 e. The molecule has 0 aromatic rings. The Morgan fingerprint density at radius 3 is 2.65 bits per heavy atom. The zero-order valence-electron chi connectivity index (χ0n) is 11.3. The van der Waals surface area contributed by atoms with Crippen LogP contribution >= 0.6 is 0 Å². The Bertz CT molecular complexity index is 236. The summed E-state index contributed by atoms with van der Waals surface area (Å²) in [5.41, 5.74) is 0.110. The van der Waals surface area contributed by atoms with Crippen LogP contribution in [-0.2, 0) is 9.53 Å². The summed E-state index contributed by atoms with van der Waals surface area (Å²) in [6.07, 6.45) is 2.89. The first-order valence-corrected chi connectivity index (χ1v) is 6.52. The van der Waals surface area contributed by atoms with Crippen LogP contribution in [0.3, 0.4) is 0 Å². The number of nitrogens with one attached hydrogen (secondary N) is 2. The Hall–Kier alpha value is -0.610. The van der Waals surface area contributed by atoms with Gasteiger partial charge < -0.3 is 15.4 Å². The molecule has 1 aliphatic heterocycles. The minimum absolute atomic E-state index is 0.110. The average Bonchev–Trinajstić information content (AvgIpc) is 2.35. The Labute approximate surface area is 104 Å². The monoisotopic (exact) mass is 242 g/mol. The molecule has 0 radical (unpaired) electrons. The van der Waals surface area contributed by atoms with Crippen LogP contribution < -0.4 is 10.6 Å². The van der Waals surface area contributed by atoms with Crippen molar-refractivity contribution in [1.82, 2.24) is 10.6 Å². The number of piperidine rings is 1. The molecule has 4 nitrogen and oxygen atoms in total. The van der Waals surface area contributed by atoms with E-state index in [2.05, 4.69) is 24.5 Å². The average molecular weight is 242 g/mol. The highest BCUT2D eigenvalue weighted by Gasteiger charge is 2.23. The minimum atomic E-state index is 0.110. The van der Waals surface area contributed by atoms with Crippen LogP contribution in [0.25, 0.3) is 0 Å². The van der Waals surface area contributed by atoms with Crippen molar-refractivity contribution in [2.24, 2.45) is 11.3 Å². The molecule has 0 atom stereocenters. The molecule has 1 heterocycles. The zero-order chi connectivity index (χ0) is 12.7. The molecule has 0 aromatic carbocycles. The van der Waals surface area contributed by atoms with Crippen molar-refractivity contribution in [2.45, 2.75) is 33.1 Å². The lowest BCUT2D eigenvalue weighted by molar-refractivity contribution is -0.126. The molecule has 17 heavy (non-hydrogen) atoms. The van der Waals surface area contributed by atoms with E-state index in [1.807, 2.05) is 0 Å². The van der Waals surface area contributed by atoms with Gasteiger partial charge in [0.1, 0.15) is 0 Å². The fourth-order valence-electron chi connectivity index (χ4n) is 2.02. The van der Waals surface area contributed by atoms with Gasteiger partial charge in [-0.3, -0.25) is 4.79 Å². The van der Waals surface area contributed by atoms with E-state index in [4.69, 9.17) is 4.74 Å². The highest BCUT2D eigenvalue weighted by atomic mass is 16.5. The van der Waals surface area contributed by atoms with Gasteiger partial charge in [0.2, 0.25) is 5.91 Å². The van der Waals surface area contributed by atoms with E-state index in [9.17, 15) is 4.79 Å². The number of methoxy groups -OCH3 is 1. The van der Waals surface area contributed by atoms with Gasteiger partial charge in [0.15, 0.2) is 0 Å². The van der Waals surface area contributed by atoms with Crippen molar-refractivity contribution in [2.75, 3.05) is 33.4 Å². The van der Waals surface area contributed by atoms with Crippen LogP contribution in [-0.4, -0.2) is 39.3 Å². The number of ether oxygens (including phenoxy) is 1. The zero-order valence-corrected chi connectivity index (χ0v) is 11.3. The number of amides is 1. The molecule has 1 fully saturated rings. The fourth-order valence-corrected chi connectivity index (χ4v) is 2.02. The smallest absolute Gasteiger partial charge is 0.223 e. The molecule has 1 rings (SSSR count). The molecule has 0 spiro atoms. The van der Waals surface area contributed by atoms with Crippen molar-refractivity contribution in [3.05, 3.63) is 0 Å². The number of rotatable bonds is 6. The van der Waals surface area contributed by atoms with E-state index in [1.165, 1.54) is 0 Å². The maximum Gasteiger partial charge on any atom is 0.223 e. The molecular weight excluding hydrogens is 216 g/mol. The topological polar surface area (TPSA) is 50.4 Å². The van der Waals surface area contributed by atoms with Gasteiger partial charge in [-0.2, -0.15) is 0 Å². The van der Waals surface area contributed by atoms with E-state index in [0.29, 0.717) is 0 Å². The van der Waals surface area contributed by atoms with Gasteiger partial charge in [-0.1, -0.05) is 13.8 Å². The molecule has 0 aromatic heterocycles. The van der Waals surface area contributed by atoms with E-state index in [1.54, 1.807) is 7.11 Å². The summed E-state index contributed by atoms with van der Waals surface area (Å²) < 4.78 is 5.08. The molecule has 1 amide bonds. The summed E-state index contributed by atoms with van der Waals surface area (Å²) in [6.45, 7) is 7.73. The van der Waals surface area contributed by atoms with Crippen LogP contribution in [0.1, 0.15) is 33.1 Å². The second-order valence-electron chi connectivity index (χ2n) is 5.65. The van der Waals surface area contributed by atoms with Gasteiger partial charge in [0, 0.05) is 26.2 Å². The summed E-state index contributed by atoms with van der Waals surface area (Å²) in [4.78, 5) is 11.9. The van der Waals surface area contributed by atoms with Crippen LogP contribution in [0.4, 0.5) is 0 Å². The van der Waals surface area contributed by atoms with Crippen molar-refractivity contribution >= 4 is 5.91 Å². The SMILES string of the molecule is COCCC(C)(C)CNC(=O)C1CCNCC1. The first-order valence-electron chi connectivity index (χ1n) is 6.52. The summed E-state index contributed by atoms with van der Waals surface area (Å²) in [7, 11) is 1.71. The summed E-state index contributed by atoms with van der Waals surface area (Å²) >= 11 is 0. The molecule has 0 aliphatic carbocycles. The number of hydrogen-bond donors (Lipinski definition) is 2. The Morgan fingerprint density at radius 1 is 1.41 bits per heavy atom. The molecule has 4 heteroatoms. The van der Waals surface area contributed by atoms with Crippen LogP contribution in [0.15, 0.2) is 0 Å². The number of carbonyl (C=O) groups is 1. The van der Waals surface area contributed by atoms with Gasteiger partial charge in [-0.25, -0.2) is 0 Å². The summed E-state index contributed by atoms with van der Waals surface area (Å²) in [5, 5.41) is 6.35. The quantitative estimate of drug-likeness (QED) is 0.735. The molecular formula is C13H26N2O2. The predicted octanol–water partition coefficient (Wildman–Crippen LogP) is 1.16. The van der Waals surface area contributed by atoms with E-state index < -0.39 is 0 Å². The third-order valence-corrected chi connectivity index (χ3v) is 3.43. The van der Waals surface area contributed by atoms with Gasteiger partial charge in [0.05, 0.1) is 0 Å². The molecule has 0 bridgehead atoms. The Morgan fingerprint density at radius 2 is 2.06 bits per heavy atom. The summed E-state index contributed by atoms with van der Waals surface area (Å²) in [6, 6.07) is 0. The van der Waals surface area contributed by atoms with Crippen LogP contribution in [0.2, 0.25) is 0 Å². The maximum absolute atomic E-state index is 11.9. The van der Waals surface area contributed by atoms with Crippen molar-refractivity contribution in [3.8, 4) is 0 Å². The maximum atomic E-state index is 11.9. The lowest BCUT2D eigenvalue weighted by Crippen LogP contribution is -2.41. The normalized spacial score (nSPS) is 18.1. The Kier molecular flexibility index (Phi) is 5.92.